The summed E-state index contributed by atoms with van der Waals surface area (Å²) in [5.74, 6) is -1.52. The third-order valence-electron chi connectivity index (χ3n) is 13.0. The van der Waals surface area contributed by atoms with Crippen molar-refractivity contribution >= 4 is 46.1 Å². The van der Waals surface area contributed by atoms with Crippen LogP contribution < -0.4 is 10.7 Å². The first-order chi connectivity index (χ1) is 30.0. The number of fused-ring (bicyclic) bond motifs is 6. The van der Waals surface area contributed by atoms with E-state index < -0.39 is 41.3 Å². The van der Waals surface area contributed by atoms with Crippen LogP contribution in [0.3, 0.4) is 0 Å². The zero-order valence-corrected chi connectivity index (χ0v) is 39.4. The molecule has 4 amide bonds. The fourth-order valence-electron chi connectivity index (χ4n) is 9.50. The first kappa shape index (κ1) is 46.1. The molecule has 16 heteroatoms. The molecule has 0 aliphatic carbocycles. The number of aryl methyl sites for hydroxylation is 1. The average Bonchev–Trinajstić information content (AvgIpc) is 4.01. The number of thiazole rings is 1. The molecule has 15 nitrogen and oxygen atoms in total. The molecule has 0 saturated carbocycles. The minimum Gasteiger partial charge on any atom is -0.464 e. The summed E-state index contributed by atoms with van der Waals surface area (Å²) >= 11 is 1.43. The summed E-state index contributed by atoms with van der Waals surface area (Å²) in [4.78, 5) is 72.0. The van der Waals surface area contributed by atoms with Crippen LogP contribution in [0.25, 0.3) is 33.4 Å². The number of hydrazine groups is 1. The summed E-state index contributed by atoms with van der Waals surface area (Å²) in [7, 11) is 7.16. The van der Waals surface area contributed by atoms with Gasteiger partial charge in [0.15, 0.2) is 0 Å². The molecular weight excluding hydrogens is 819 g/mol. The number of benzene rings is 1. The average molecular weight is 884 g/mol. The predicted octanol–water partition coefficient (Wildman–Crippen LogP) is 5.91. The number of aromatic nitrogens is 3. The summed E-state index contributed by atoms with van der Waals surface area (Å²) in [5, 5.41) is 8.22. The Kier molecular flexibility index (Phi) is 13.9. The van der Waals surface area contributed by atoms with Crippen molar-refractivity contribution in [3.05, 3.63) is 58.2 Å². The summed E-state index contributed by atoms with van der Waals surface area (Å²) in [6, 6.07) is 7.60. The number of nitrogens with zero attached hydrogens (tertiary/aromatic N) is 7. The Morgan fingerprint density at radius 2 is 1.90 bits per heavy atom. The maximum absolute atomic E-state index is 14.6. The Labute approximate surface area is 375 Å². The van der Waals surface area contributed by atoms with Crippen LogP contribution in [0.4, 0.5) is 4.79 Å². The second-order valence-electron chi connectivity index (χ2n) is 18.7. The van der Waals surface area contributed by atoms with Crippen molar-refractivity contribution in [2.24, 2.45) is 11.3 Å². The molecular formula is C47H65N9O6S. The predicted molar refractivity (Wildman–Crippen MR) is 245 cm³/mol. The van der Waals surface area contributed by atoms with Crippen molar-refractivity contribution in [2.75, 3.05) is 54.5 Å². The molecule has 1 unspecified atom stereocenters. The van der Waals surface area contributed by atoms with E-state index in [1.165, 1.54) is 21.2 Å². The minimum absolute atomic E-state index is 0.0405. The lowest BCUT2D eigenvalue weighted by Gasteiger charge is -2.37. The van der Waals surface area contributed by atoms with E-state index in [0.29, 0.717) is 37.4 Å². The van der Waals surface area contributed by atoms with Gasteiger partial charge in [-0.15, -0.1) is 11.3 Å². The van der Waals surface area contributed by atoms with Crippen molar-refractivity contribution in [3.8, 4) is 22.5 Å². The molecule has 5 atom stereocenters. The van der Waals surface area contributed by atoms with E-state index in [9.17, 15) is 19.2 Å². The van der Waals surface area contributed by atoms with Crippen LogP contribution >= 0.6 is 11.3 Å². The molecule has 3 aliphatic rings. The van der Waals surface area contributed by atoms with Crippen LogP contribution in [0.1, 0.15) is 83.2 Å². The molecule has 3 aromatic heterocycles. The largest absolute Gasteiger partial charge is 0.464 e. The Morgan fingerprint density at radius 1 is 1.13 bits per heavy atom. The van der Waals surface area contributed by atoms with E-state index in [4.69, 9.17) is 19.4 Å². The Hall–Kier alpha value is -4.90. The van der Waals surface area contributed by atoms with Gasteiger partial charge in [-0.2, -0.15) is 0 Å². The van der Waals surface area contributed by atoms with Crippen molar-refractivity contribution in [3.63, 3.8) is 0 Å². The summed E-state index contributed by atoms with van der Waals surface area (Å²) < 4.78 is 14.2. The molecule has 4 aromatic rings. The van der Waals surface area contributed by atoms with Gasteiger partial charge >= 0.3 is 12.0 Å². The highest BCUT2D eigenvalue weighted by atomic mass is 32.1. The second kappa shape index (κ2) is 19.1. The van der Waals surface area contributed by atoms with Crippen LogP contribution in [0.5, 0.6) is 0 Å². The van der Waals surface area contributed by atoms with E-state index in [-0.39, 0.29) is 37.1 Å². The Balaban J connectivity index is 1.28. The number of carbonyl (C=O) groups excluding carboxylic acids is 4. The van der Waals surface area contributed by atoms with Crippen LogP contribution in [0.2, 0.25) is 0 Å². The highest BCUT2D eigenvalue weighted by Crippen LogP contribution is 2.42. The van der Waals surface area contributed by atoms with Gasteiger partial charge in [-0.3, -0.25) is 24.4 Å². The summed E-state index contributed by atoms with van der Waals surface area (Å²) in [6.45, 7) is 15.0. The fourth-order valence-corrected chi connectivity index (χ4v) is 10.3. The van der Waals surface area contributed by atoms with Gasteiger partial charge in [-0.05, 0) is 88.9 Å². The highest BCUT2D eigenvalue weighted by Gasteiger charge is 2.39. The molecule has 6 bridgehead atoms. The molecule has 63 heavy (non-hydrogen) atoms. The standard InChI is InChI=1S/C47H65N9O6S/c1-11-55-38-17-16-30-22-33(38)34(42(55)32-14-12-19-48-40(32)29(4)61-10)24-47(5,6)27-62-45(59)35-15-13-20-56(51-35)44(58)36(23-39-49-37(30)26-63-39)50-43(57)41(28(2)3)54(9)46(60)53(8)31-18-21-52(7)25-31/h12,14,16-17,19,22,26,28-29,31,35-36,41,51H,11,13,15,18,20-21,23-25,27H2,1-10H3,(H,50,57)/t29-,31+,35-,36-,41?/m0/s1. The number of ether oxygens (including phenoxy) is 2. The highest BCUT2D eigenvalue weighted by molar-refractivity contribution is 7.10. The van der Waals surface area contributed by atoms with Crippen LogP contribution in [0.15, 0.2) is 41.9 Å². The topological polar surface area (TPSA) is 154 Å². The number of amides is 4. The van der Waals surface area contributed by atoms with Crippen molar-refractivity contribution in [1.82, 2.24) is 45.0 Å². The second-order valence-corrected chi connectivity index (χ2v) is 19.6. The number of rotatable bonds is 9. The Morgan fingerprint density at radius 3 is 2.60 bits per heavy atom. The number of cyclic esters (lactones) is 1. The third kappa shape index (κ3) is 9.64. The molecule has 3 aliphatic heterocycles. The van der Waals surface area contributed by atoms with Gasteiger partial charge in [0, 0.05) is 92.3 Å². The molecule has 7 rings (SSSR count). The molecule has 1 aromatic carbocycles. The lowest BCUT2D eigenvalue weighted by molar-refractivity contribution is -0.155. The van der Waals surface area contributed by atoms with Gasteiger partial charge in [0.25, 0.3) is 5.91 Å². The normalized spacial score (nSPS) is 21.8. The number of nitrogens with one attached hydrogen (secondary N) is 2. The van der Waals surface area contributed by atoms with Gasteiger partial charge in [-0.25, -0.2) is 15.2 Å². The quantitative estimate of drug-likeness (QED) is 0.194. The number of hydrogen-bond acceptors (Lipinski definition) is 11. The molecule has 2 N–H and O–H groups in total. The molecule has 0 spiro atoms. The molecule has 2 fully saturated rings. The summed E-state index contributed by atoms with van der Waals surface area (Å²) in [6.07, 6.45) is 4.16. The number of esters is 1. The molecule has 6 heterocycles. The number of pyridine rings is 1. The van der Waals surface area contributed by atoms with Crippen molar-refractivity contribution < 1.29 is 28.7 Å². The smallest absolute Gasteiger partial charge is 0.324 e. The number of methoxy groups -OCH3 is 1. The first-order valence-corrected chi connectivity index (χ1v) is 23.2. The van der Waals surface area contributed by atoms with Gasteiger partial charge < -0.3 is 34.1 Å². The monoisotopic (exact) mass is 883 g/mol. The van der Waals surface area contributed by atoms with E-state index in [1.54, 1.807) is 32.3 Å². The third-order valence-corrected chi connectivity index (χ3v) is 13.9. The number of urea groups is 1. The lowest BCUT2D eigenvalue weighted by Crippen LogP contribution is -2.62. The summed E-state index contributed by atoms with van der Waals surface area (Å²) in [5.41, 5.74) is 9.40. The van der Waals surface area contributed by atoms with Crippen LogP contribution in [0, 0.1) is 11.3 Å². The minimum atomic E-state index is -1.04. The number of likely N-dealkylation sites (N-methyl/N-ethyl adjacent to an activating group) is 3. The van der Waals surface area contributed by atoms with Crippen LogP contribution in [-0.2, 0) is 43.2 Å². The number of likely N-dealkylation sites (tertiary alicyclic amines) is 1. The lowest BCUT2D eigenvalue weighted by atomic mass is 9.84. The van der Waals surface area contributed by atoms with Crippen molar-refractivity contribution in [1.29, 1.82) is 0 Å². The molecule has 2 saturated heterocycles. The zero-order valence-electron chi connectivity index (χ0n) is 38.6. The number of hydrogen-bond donors (Lipinski definition) is 2. The molecule has 340 valence electrons. The Bertz CT molecular complexity index is 2320. The van der Waals surface area contributed by atoms with Gasteiger partial charge in [0.1, 0.15) is 18.1 Å². The first-order valence-electron chi connectivity index (χ1n) is 22.3. The van der Waals surface area contributed by atoms with E-state index >= 15 is 0 Å². The maximum Gasteiger partial charge on any atom is 0.324 e. The fraction of sp³-hybridized carbons (Fsp3) is 0.574. The maximum atomic E-state index is 14.6. The SMILES string of the molecule is CCn1c(-c2cccnc2[C@H](C)OC)c2c3cc(ccc31)-c1csc(n1)C[C@H](NC(=O)C(C(C)C)N(C)C(=O)N(C)[C@@H]1CCN(C)C1)C(=O)N1CCC[C@H](N1)C(=O)OCC(C)(C)C2. The van der Waals surface area contributed by atoms with Crippen molar-refractivity contribution in [2.45, 2.75) is 110 Å². The van der Waals surface area contributed by atoms with E-state index in [1.807, 2.05) is 39.3 Å². The van der Waals surface area contributed by atoms with E-state index in [2.05, 4.69) is 65.2 Å². The van der Waals surface area contributed by atoms with Crippen LogP contribution in [-0.4, -0.2) is 137 Å². The van der Waals surface area contributed by atoms with Gasteiger partial charge in [0.05, 0.1) is 34.8 Å². The van der Waals surface area contributed by atoms with Gasteiger partial charge in [-0.1, -0.05) is 33.8 Å². The number of carbonyl (C=O) groups is 4. The van der Waals surface area contributed by atoms with E-state index in [0.717, 1.165) is 64.2 Å². The van der Waals surface area contributed by atoms with Gasteiger partial charge in [0.2, 0.25) is 5.91 Å². The zero-order chi connectivity index (χ0) is 45.3. The molecule has 0 radical (unpaired) electrons.